The fraction of sp³-hybridized carbons (Fsp3) is 0.500. The first kappa shape index (κ1) is 14.5. The van der Waals surface area contributed by atoms with Gasteiger partial charge in [-0.3, -0.25) is 4.79 Å². The number of amides is 1. The normalized spacial score (nSPS) is 12.4. The van der Waals surface area contributed by atoms with E-state index in [1.807, 2.05) is 19.1 Å². The minimum Gasteiger partial charge on any atom is -0.496 e. The molecule has 1 amide bonds. The fourth-order valence-corrected chi connectivity index (χ4v) is 1.98. The maximum Gasteiger partial charge on any atom is 0.241 e. The van der Waals surface area contributed by atoms with Crippen molar-refractivity contribution in [3.05, 3.63) is 28.8 Å². The number of carbonyl (C=O) groups is 1. The van der Waals surface area contributed by atoms with E-state index in [0.29, 0.717) is 5.92 Å². The number of methoxy groups -OCH3 is 1. The Bertz CT molecular complexity index is 442. The second-order valence-corrected chi connectivity index (χ2v) is 4.70. The van der Waals surface area contributed by atoms with Crippen LogP contribution in [0.3, 0.4) is 0 Å². The molecular formula is C14H22N2O2. The number of aryl methyl sites for hydroxylation is 1. The maximum atomic E-state index is 11.6. The van der Waals surface area contributed by atoms with Crippen LogP contribution in [0.5, 0.6) is 5.75 Å². The third-order valence-corrected chi connectivity index (χ3v) is 3.10. The molecule has 0 saturated heterocycles. The summed E-state index contributed by atoms with van der Waals surface area (Å²) in [5.74, 6) is 0.976. The maximum absolute atomic E-state index is 11.6. The molecule has 100 valence electrons. The number of rotatable bonds is 4. The van der Waals surface area contributed by atoms with Crippen LogP contribution in [-0.4, -0.2) is 20.1 Å². The number of nitrogens with one attached hydrogen (secondary N) is 1. The summed E-state index contributed by atoms with van der Waals surface area (Å²) in [6.07, 6.45) is 0. The molecule has 1 unspecified atom stereocenters. The number of benzene rings is 1. The van der Waals surface area contributed by atoms with Crippen molar-refractivity contribution in [2.24, 2.45) is 5.73 Å². The molecule has 0 aromatic heterocycles. The van der Waals surface area contributed by atoms with Crippen molar-refractivity contribution in [3.63, 3.8) is 0 Å². The summed E-state index contributed by atoms with van der Waals surface area (Å²) in [4.78, 5) is 11.6. The first-order chi connectivity index (χ1) is 8.42. The lowest BCUT2D eigenvalue weighted by molar-refractivity contribution is -0.122. The molecular weight excluding hydrogens is 228 g/mol. The molecule has 0 aliphatic heterocycles. The predicted molar refractivity (Wildman–Crippen MR) is 72.8 cm³/mol. The number of ether oxygens (including phenoxy) is 1. The number of carbonyl (C=O) groups excluding carboxylic acids is 1. The van der Waals surface area contributed by atoms with Crippen molar-refractivity contribution < 1.29 is 9.53 Å². The molecule has 0 saturated carbocycles. The largest absolute Gasteiger partial charge is 0.496 e. The van der Waals surface area contributed by atoms with E-state index in [9.17, 15) is 4.79 Å². The molecule has 4 heteroatoms. The molecule has 0 fully saturated rings. The molecule has 1 rings (SSSR count). The Morgan fingerprint density at radius 1 is 1.33 bits per heavy atom. The lowest BCUT2D eigenvalue weighted by atomic mass is 9.93. The van der Waals surface area contributed by atoms with Crippen molar-refractivity contribution in [1.82, 2.24) is 5.32 Å². The van der Waals surface area contributed by atoms with E-state index in [0.717, 1.165) is 22.4 Å². The van der Waals surface area contributed by atoms with E-state index in [-0.39, 0.29) is 5.91 Å². The van der Waals surface area contributed by atoms with Gasteiger partial charge < -0.3 is 15.8 Å². The van der Waals surface area contributed by atoms with Crippen molar-refractivity contribution >= 4 is 5.91 Å². The van der Waals surface area contributed by atoms with Crippen LogP contribution < -0.4 is 15.8 Å². The number of likely N-dealkylation sites (N-methyl/N-ethyl adjacent to an activating group) is 1. The molecule has 1 aromatic carbocycles. The molecule has 18 heavy (non-hydrogen) atoms. The molecule has 0 spiro atoms. The highest BCUT2D eigenvalue weighted by atomic mass is 16.5. The summed E-state index contributed by atoms with van der Waals surface area (Å²) in [5.41, 5.74) is 8.84. The van der Waals surface area contributed by atoms with Crippen molar-refractivity contribution in [3.8, 4) is 5.75 Å². The van der Waals surface area contributed by atoms with Crippen LogP contribution in [0.15, 0.2) is 12.1 Å². The smallest absolute Gasteiger partial charge is 0.241 e. The monoisotopic (exact) mass is 250 g/mol. The van der Waals surface area contributed by atoms with Gasteiger partial charge in [0.25, 0.3) is 0 Å². The van der Waals surface area contributed by atoms with Crippen LogP contribution in [0.25, 0.3) is 0 Å². The zero-order valence-electron chi connectivity index (χ0n) is 11.7. The molecule has 1 aromatic rings. The van der Waals surface area contributed by atoms with Gasteiger partial charge >= 0.3 is 0 Å². The topological polar surface area (TPSA) is 64.4 Å². The van der Waals surface area contributed by atoms with Crippen LogP contribution in [0, 0.1) is 6.92 Å². The summed E-state index contributed by atoms with van der Waals surface area (Å²) < 4.78 is 5.37. The number of nitrogens with two attached hydrogens (primary N) is 1. The lowest BCUT2D eigenvalue weighted by Crippen LogP contribution is -2.32. The van der Waals surface area contributed by atoms with Crippen LogP contribution in [0.2, 0.25) is 0 Å². The molecule has 0 aliphatic carbocycles. The van der Waals surface area contributed by atoms with Crippen molar-refractivity contribution in [1.29, 1.82) is 0 Å². The summed E-state index contributed by atoms with van der Waals surface area (Å²) in [6, 6.07) is 3.27. The van der Waals surface area contributed by atoms with E-state index in [4.69, 9.17) is 10.5 Å². The molecule has 0 heterocycles. The standard InChI is InChI=1S/C14H22N2O2/c1-8(2)10-7-11(13(15)14(17)16-4)9(3)6-12(10)18-5/h6-8,13H,15H2,1-5H3,(H,16,17). The van der Waals surface area contributed by atoms with Gasteiger partial charge in [-0.25, -0.2) is 0 Å². The van der Waals surface area contributed by atoms with Gasteiger partial charge in [0.15, 0.2) is 0 Å². The van der Waals surface area contributed by atoms with E-state index in [1.165, 1.54) is 0 Å². The van der Waals surface area contributed by atoms with Crippen molar-refractivity contribution in [2.75, 3.05) is 14.2 Å². The highest BCUT2D eigenvalue weighted by molar-refractivity contribution is 5.83. The molecule has 1 atom stereocenters. The Labute approximate surface area is 109 Å². The Morgan fingerprint density at radius 3 is 2.39 bits per heavy atom. The van der Waals surface area contributed by atoms with E-state index in [2.05, 4.69) is 19.2 Å². The van der Waals surface area contributed by atoms with Gasteiger partial charge in [-0.05, 0) is 41.7 Å². The molecule has 0 aliphatic rings. The van der Waals surface area contributed by atoms with Gasteiger partial charge in [-0.2, -0.15) is 0 Å². The van der Waals surface area contributed by atoms with Gasteiger partial charge in [0.1, 0.15) is 11.8 Å². The van der Waals surface area contributed by atoms with Gasteiger partial charge in [-0.1, -0.05) is 13.8 Å². The quantitative estimate of drug-likeness (QED) is 0.857. The van der Waals surface area contributed by atoms with Crippen LogP contribution in [0.4, 0.5) is 0 Å². The van der Waals surface area contributed by atoms with E-state index >= 15 is 0 Å². The Balaban J connectivity index is 3.29. The first-order valence-corrected chi connectivity index (χ1v) is 6.08. The Kier molecular flexibility index (Phi) is 4.73. The number of hydrogen-bond donors (Lipinski definition) is 2. The minimum absolute atomic E-state index is 0.182. The van der Waals surface area contributed by atoms with Gasteiger partial charge in [0, 0.05) is 7.05 Å². The van der Waals surface area contributed by atoms with Gasteiger partial charge in [0.2, 0.25) is 5.91 Å². The molecule has 3 N–H and O–H groups in total. The molecule has 0 bridgehead atoms. The van der Waals surface area contributed by atoms with E-state index < -0.39 is 6.04 Å². The Morgan fingerprint density at radius 2 is 1.94 bits per heavy atom. The molecule has 4 nitrogen and oxygen atoms in total. The van der Waals surface area contributed by atoms with Crippen LogP contribution in [-0.2, 0) is 4.79 Å². The average Bonchev–Trinajstić information content (AvgIpc) is 2.36. The zero-order valence-corrected chi connectivity index (χ0v) is 11.7. The SMILES string of the molecule is CNC(=O)C(N)c1cc(C(C)C)c(OC)cc1C. The third kappa shape index (κ3) is 2.82. The summed E-state index contributed by atoms with van der Waals surface area (Å²) in [5, 5.41) is 2.57. The minimum atomic E-state index is -0.640. The molecule has 0 radical (unpaired) electrons. The summed E-state index contributed by atoms with van der Waals surface area (Å²) >= 11 is 0. The van der Waals surface area contributed by atoms with Crippen LogP contribution in [0.1, 0.15) is 42.5 Å². The predicted octanol–water partition coefficient (Wildman–Crippen LogP) is 1.87. The highest BCUT2D eigenvalue weighted by Crippen LogP contribution is 2.31. The summed E-state index contributed by atoms with van der Waals surface area (Å²) in [7, 11) is 3.24. The second kappa shape index (κ2) is 5.87. The first-order valence-electron chi connectivity index (χ1n) is 6.08. The highest BCUT2D eigenvalue weighted by Gasteiger charge is 2.19. The third-order valence-electron chi connectivity index (χ3n) is 3.10. The van der Waals surface area contributed by atoms with Gasteiger partial charge in [0.05, 0.1) is 7.11 Å². The Hall–Kier alpha value is -1.55. The van der Waals surface area contributed by atoms with Gasteiger partial charge in [-0.15, -0.1) is 0 Å². The van der Waals surface area contributed by atoms with Crippen LogP contribution >= 0.6 is 0 Å². The zero-order chi connectivity index (χ0) is 13.9. The second-order valence-electron chi connectivity index (χ2n) is 4.70. The average molecular weight is 250 g/mol. The number of hydrogen-bond acceptors (Lipinski definition) is 3. The summed E-state index contributed by atoms with van der Waals surface area (Å²) in [6.45, 7) is 6.11. The lowest BCUT2D eigenvalue weighted by Gasteiger charge is -2.19. The van der Waals surface area contributed by atoms with Crippen molar-refractivity contribution in [2.45, 2.75) is 32.7 Å². The van der Waals surface area contributed by atoms with E-state index in [1.54, 1.807) is 14.2 Å². The fourth-order valence-electron chi connectivity index (χ4n) is 1.98.